The first-order chi connectivity index (χ1) is 15.9. The second-order valence-electron chi connectivity index (χ2n) is 6.99. The second kappa shape index (κ2) is 9.23. The minimum Gasteiger partial charge on any atom is -0.495 e. The number of para-hydroxylation sites is 1. The van der Waals surface area contributed by atoms with Crippen LogP contribution < -0.4 is 20.4 Å². The number of hydrogen-bond acceptors (Lipinski definition) is 7. The zero-order valence-corrected chi connectivity index (χ0v) is 17.4. The van der Waals surface area contributed by atoms with Gasteiger partial charge in [0.2, 0.25) is 0 Å². The number of hydrogen-bond donors (Lipinski definition) is 1. The van der Waals surface area contributed by atoms with E-state index in [1.54, 1.807) is 36.4 Å². The van der Waals surface area contributed by atoms with Gasteiger partial charge < -0.3 is 19.2 Å². The summed E-state index contributed by atoms with van der Waals surface area (Å²) in [6, 6.07) is 19.2. The van der Waals surface area contributed by atoms with Gasteiger partial charge in [-0.05, 0) is 42.0 Å². The van der Waals surface area contributed by atoms with Gasteiger partial charge in [-0.25, -0.2) is 4.79 Å². The first kappa shape index (κ1) is 21.6. The number of nitrogens with zero attached hydrogens (tertiary/aromatic N) is 1. The summed E-state index contributed by atoms with van der Waals surface area (Å²) >= 11 is 0. The van der Waals surface area contributed by atoms with Crippen LogP contribution >= 0.6 is 0 Å². The van der Waals surface area contributed by atoms with Crippen molar-refractivity contribution in [3.8, 4) is 22.6 Å². The Morgan fingerprint density at radius 1 is 1.06 bits per heavy atom. The Bertz CT molecular complexity index is 1390. The van der Waals surface area contributed by atoms with Crippen LogP contribution in [0, 0.1) is 10.1 Å². The van der Waals surface area contributed by atoms with Crippen LogP contribution in [0.2, 0.25) is 0 Å². The molecule has 0 saturated carbocycles. The second-order valence-corrected chi connectivity index (χ2v) is 6.99. The first-order valence-corrected chi connectivity index (χ1v) is 9.83. The number of methoxy groups -OCH3 is 1. The van der Waals surface area contributed by atoms with Crippen LogP contribution in [0.25, 0.3) is 22.1 Å². The Labute approximate surface area is 187 Å². The molecule has 166 valence electrons. The van der Waals surface area contributed by atoms with Gasteiger partial charge in [-0.15, -0.1) is 0 Å². The fraction of sp³-hybridized carbons (Fsp3) is 0.0833. The zero-order valence-electron chi connectivity index (χ0n) is 17.4. The van der Waals surface area contributed by atoms with Crippen molar-refractivity contribution in [3.05, 3.63) is 93.3 Å². The average molecular weight is 446 g/mol. The number of amides is 1. The highest BCUT2D eigenvalue weighted by molar-refractivity contribution is 5.94. The number of nitro benzene ring substituents is 1. The van der Waals surface area contributed by atoms with Crippen molar-refractivity contribution in [3.63, 3.8) is 0 Å². The number of fused-ring (bicyclic) bond motifs is 1. The van der Waals surface area contributed by atoms with Crippen molar-refractivity contribution >= 4 is 28.3 Å². The number of ether oxygens (including phenoxy) is 2. The molecule has 9 nitrogen and oxygen atoms in total. The minimum absolute atomic E-state index is 0.0773. The molecule has 0 spiro atoms. The minimum atomic E-state index is -0.522. The Kier molecular flexibility index (Phi) is 6.03. The van der Waals surface area contributed by atoms with E-state index in [1.165, 1.54) is 31.4 Å². The Morgan fingerprint density at radius 3 is 2.55 bits per heavy atom. The summed E-state index contributed by atoms with van der Waals surface area (Å²) in [6.45, 7) is -0.330. The molecule has 1 N–H and O–H groups in total. The van der Waals surface area contributed by atoms with Gasteiger partial charge in [0.25, 0.3) is 11.6 Å². The van der Waals surface area contributed by atoms with Gasteiger partial charge in [0.1, 0.15) is 17.1 Å². The molecule has 1 aromatic heterocycles. The summed E-state index contributed by atoms with van der Waals surface area (Å²) in [6.07, 6.45) is 0. The van der Waals surface area contributed by atoms with Gasteiger partial charge in [-0.1, -0.05) is 24.3 Å². The van der Waals surface area contributed by atoms with Crippen LogP contribution in [0.3, 0.4) is 0 Å². The normalized spacial score (nSPS) is 10.6. The maximum absolute atomic E-state index is 12.5. The lowest BCUT2D eigenvalue weighted by Gasteiger charge is -2.13. The van der Waals surface area contributed by atoms with E-state index in [9.17, 15) is 19.7 Å². The van der Waals surface area contributed by atoms with Gasteiger partial charge in [-0.3, -0.25) is 14.9 Å². The van der Waals surface area contributed by atoms with Gasteiger partial charge in [0.05, 0.1) is 23.3 Å². The van der Waals surface area contributed by atoms with Gasteiger partial charge in [0, 0.05) is 17.5 Å². The fourth-order valence-electron chi connectivity index (χ4n) is 3.24. The third-order valence-electron chi connectivity index (χ3n) is 4.84. The van der Waals surface area contributed by atoms with Crippen molar-refractivity contribution in [2.75, 3.05) is 19.0 Å². The van der Waals surface area contributed by atoms with Crippen LogP contribution in [0.1, 0.15) is 0 Å². The number of benzene rings is 3. The molecule has 0 saturated heterocycles. The van der Waals surface area contributed by atoms with E-state index >= 15 is 0 Å². The zero-order chi connectivity index (χ0) is 23.4. The van der Waals surface area contributed by atoms with E-state index in [2.05, 4.69) is 5.32 Å². The highest BCUT2D eigenvalue weighted by atomic mass is 16.6. The summed E-state index contributed by atoms with van der Waals surface area (Å²) in [4.78, 5) is 35.1. The highest BCUT2D eigenvalue weighted by Crippen LogP contribution is 2.30. The molecule has 0 fully saturated rings. The molecule has 0 aliphatic heterocycles. The smallest absolute Gasteiger partial charge is 0.344 e. The molecule has 0 atom stereocenters. The summed E-state index contributed by atoms with van der Waals surface area (Å²) < 4.78 is 16.1. The van der Waals surface area contributed by atoms with Crippen molar-refractivity contribution in [1.29, 1.82) is 0 Å². The maximum Gasteiger partial charge on any atom is 0.344 e. The maximum atomic E-state index is 12.5. The van der Waals surface area contributed by atoms with E-state index in [0.717, 1.165) is 5.39 Å². The van der Waals surface area contributed by atoms with Crippen molar-refractivity contribution in [1.82, 2.24) is 0 Å². The molecule has 4 rings (SSSR count). The molecule has 9 heteroatoms. The van der Waals surface area contributed by atoms with E-state index < -0.39 is 16.5 Å². The van der Waals surface area contributed by atoms with Crippen molar-refractivity contribution in [2.45, 2.75) is 0 Å². The van der Waals surface area contributed by atoms with Gasteiger partial charge in [-0.2, -0.15) is 0 Å². The Hall–Kier alpha value is -4.66. The van der Waals surface area contributed by atoms with E-state index in [-0.39, 0.29) is 12.3 Å². The van der Waals surface area contributed by atoms with Crippen LogP contribution in [0.5, 0.6) is 11.5 Å². The lowest BCUT2D eigenvalue weighted by Crippen LogP contribution is -2.20. The molecule has 0 bridgehead atoms. The lowest BCUT2D eigenvalue weighted by molar-refractivity contribution is -0.384. The third-order valence-corrected chi connectivity index (χ3v) is 4.84. The van der Waals surface area contributed by atoms with Crippen LogP contribution in [0.15, 0.2) is 82.0 Å². The number of nitro groups is 1. The fourth-order valence-corrected chi connectivity index (χ4v) is 3.24. The predicted molar refractivity (Wildman–Crippen MR) is 122 cm³/mol. The molecule has 1 heterocycles. The summed E-state index contributed by atoms with van der Waals surface area (Å²) in [5.74, 6) is 0.229. The number of nitrogens with one attached hydrogen (secondary N) is 1. The highest BCUT2D eigenvalue weighted by Gasteiger charge is 2.14. The van der Waals surface area contributed by atoms with E-state index in [4.69, 9.17) is 13.9 Å². The lowest BCUT2D eigenvalue weighted by atomic mass is 10.0. The molecule has 0 aliphatic rings. The molecular weight excluding hydrogens is 428 g/mol. The molecule has 0 radical (unpaired) electrons. The molecule has 4 aromatic rings. The number of carbonyl (C=O) groups is 1. The topological polar surface area (TPSA) is 121 Å². The monoisotopic (exact) mass is 446 g/mol. The number of rotatable bonds is 7. The SMILES string of the molecule is COc1ccc(-c2cc3ccccc3oc2=O)cc1NC(=O)COc1ccc([N+](=O)[O-])cc1. The average Bonchev–Trinajstić information content (AvgIpc) is 2.82. The summed E-state index contributed by atoms with van der Waals surface area (Å²) in [7, 11) is 1.46. The molecule has 3 aromatic carbocycles. The van der Waals surface area contributed by atoms with E-state index in [0.29, 0.717) is 33.9 Å². The van der Waals surface area contributed by atoms with Gasteiger partial charge >= 0.3 is 5.63 Å². The summed E-state index contributed by atoms with van der Waals surface area (Å²) in [5, 5.41) is 14.2. The Morgan fingerprint density at radius 2 is 1.82 bits per heavy atom. The standard InChI is InChI=1S/C24H18N2O7/c1-31-22-11-6-15(19-12-16-4-2-3-5-21(16)33-24(19)28)13-20(22)25-23(27)14-32-18-9-7-17(8-10-18)26(29)30/h2-13H,14H2,1H3,(H,25,27). The molecule has 33 heavy (non-hydrogen) atoms. The quantitative estimate of drug-likeness (QED) is 0.254. The van der Waals surface area contributed by atoms with Gasteiger partial charge in [0.15, 0.2) is 6.61 Å². The predicted octanol–water partition coefficient (Wildman–Crippen LogP) is 4.39. The summed E-state index contributed by atoms with van der Waals surface area (Å²) in [5.41, 5.74) is 1.14. The molecule has 1 amide bonds. The molecular formula is C24H18N2O7. The molecule has 0 aliphatic carbocycles. The van der Waals surface area contributed by atoms with E-state index in [1.807, 2.05) is 12.1 Å². The van der Waals surface area contributed by atoms with Crippen LogP contribution in [-0.2, 0) is 4.79 Å². The number of carbonyl (C=O) groups excluding carboxylic acids is 1. The number of anilines is 1. The molecule has 0 unspecified atom stereocenters. The van der Waals surface area contributed by atoms with Crippen LogP contribution in [0.4, 0.5) is 11.4 Å². The number of non-ortho nitro benzene ring substituents is 1. The Balaban J connectivity index is 1.53. The van der Waals surface area contributed by atoms with Crippen molar-refractivity contribution in [2.24, 2.45) is 0 Å². The largest absolute Gasteiger partial charge is 0.495 e. The third kappa shape index (κ3) is 4.82. The van der Waals surface area contributed by atoms with Crippen molar-refractivity contribution < 1.29 is 23.6 Å². The van der Waals surface area contributed by atoms with Crippen LogP contribution in [-0.4, -0.2) is 24.5 Å². The first-order valence-electron chi connectivity index (χ1n) is 9.83.